The van der Waals surface area contributed by atoms with Crippen molar-refractivity contribution >= 4 is 0 Å². The Hall–Kier alpha value is -0.0400. The van der Waals surface area contributed by atoms with Gasteiger partial charge in [0.05, 0.1) is 0 Å². The van der Waals surface area contributed by atoms with Crippen LogP contribution in [0.5, 0.6) is 0 Å². The molecule has 1 aliphatic heterocycles. The number of nitrogens with zero attached hydrogens (tertiary/aromatic N) is 1. The van der Waals surface area contributed by atoms with E-state index in [-0.39, 0.29) is 0 Å². The Morgan fingerprint density at radius 2 is 1.33 bits per heavy atom. The fourth-order valence-corrected chi connectivity index (χ4v) is 3.00. The predicted octanol–water partition coefficient (Wildman–Crippen LogP) is 4.96. The van der Waals surface area contributed by atoms with Crippen LogP contribution in [0.25, 0.3) is 0 Å². The normalized spacial score (nSPS) is 25.0. The minimum Gasteiger partial charge on any atom is -0.298 e. The molecule has 108 valence electrons. The van der Waals surface area contributed by atoms with Crippen molar-refractivity contribution in [2.45, 2.75) is 80.2 Å². The molecule has 1 rings (SSSR count). The Kier molecular flexibility index (Phi) is 4.58. The number of hydrogen-bond donors (Lipinski definition) is 0. The first-order valence-electron chi connectivity index (χ1n) is 7.71. The van der Waals surface area contributed by atoms with Gasteiger partial charge >= 0.3 is 0 Å². The molecule has 0 bridgehead atoms. The van der Waals surface area contributed by atoms with Crippen molar-refractivity contribution < 1.29 is 0 Å². The van der Waals surface area contributed by atoms with E-state index in [1.54, 1.807) is 0 Å². The molecule has 0 aromatic carbocycles. The second kappa shape index (κ2) is 5.15. The minimum absolute atomic E-state index is 0.291. The molecule has 1 heterocycles. The lowest BCUT2D eigenvalue weighted by Crippen LogP contribution is -2.53. The molecule has 1 aliphatic rings. The van der Waals surface area contributed by atoms with E-state index in [9.17, 15) is 0 Å². The van der Waals surface area contributed by atoms with E-state index in [0.29, 0.717) is 16.4 Å². The minimum atomic E-state index is 0.291. The van der Waals surface area contributed by atoms with Gasteiger partial charge in [-0.05, 0) is 62.9 Å². The van der Waals surface area contributed by atoms with E-state index < -0.39 is 0 Å². The van der Waals surface area contributed by atoms with E-state index in [1.165, 1.54) is 32.4 Å². The van der Waals surface area contributed by atoms with Crippen molar-refractivity contribution in [3.63, 3.8) is 0 Å². The molecule has 0 aromatic rings. The molecule has 0 aliphatic carbocycles. The molecule has 1 saturated heterocycles. The van der Waals surface area contributed by atoms with Crippen LogP contribution in [0.15, 0.2) is 0 Å². The van der Waals surface area contributed by atoms with Crippen molar-refractivity contribution in [3.8, 4) is 0 Å². The van der Waals surface area contributed by atoms with Crippen molar-refractivity contribution in [1.82, 2.24) is 4.90 Å². The average molecular weight is 253 g/mol. The molecule has 1 atom stereocenters. The third kappa shape index (κ3) is 3.50. The smallest absolute Gasteiger partial charge is 0.0201 e. The van der Waals surface area contributed by atoms with Gasteiger partial charge in [0.15, 0.2) is 0 Å². The first kappa shape index (κ1) is 16.0. The van der Waals surface area contributed by atoms with Crippen molar-refractivity contribution in [1.29, 1.82) is 0 Å². The summed E-state index contributed by atoms with van der Waals surface area (Å²) in [5, 5.41) is 0. The van der Waals surface area contributed by atoms with E-state index in [4.69, 9.17) is 0 Å². The zero-order chi connectivity index (χ0) is 14.2. The molecule has 1 nitrogen and oxygen atoms in total. The Labute approximate surface area is 115 Å². The molecule has 0 N–H and O–H groups in total. The van der Waals surface area contributed by atoms with Gasteiger partial charge in [0, 0.05) is 5.54 Å². The maximum Gasteiger partial charge on any atom is 0.0201 e. The largest absolute Gasteiger partial charge is 0.298 e. The highest BCUT2D eigenvalue weighted by molar-refractivity contribution is 4.94. The molecular formula is C17H35N. The van der Waals surface area contributed by atoms with Crippen LogP contribution in [0.2, 0.25) is 0 Å². The molecule has 0 amide bonds. The standard InChI is InChI=1S/C17H35N/c1-15(2,3)14-10-9-12-18(13-11-14)17(7,8)16(4,5)6/h14H,9-13H2,1-8H3. The second-order valence-electron chi connectivity index (χ2n) is 8.79. The van der Waals surface area contributed by atoms with E-state index in [1.807, 2.05) is 0 Å². The highest BCUT2D eigenvalue weighted by Crippen LogP contribution is 2.39. The monoisotopic (exact) mass is 253 g/mol. The molecule has 0 spiro atoms. The van der Waals surface area contributed by atoms with Crippen molar-refractivity contribution in [2.75, 3.05) is 13.1 Å². The first-order valence-corrected chi connectivity index (χ1v) is 7.71. The molecule has 1 heteroatoms. The highest BCUT2D eigenvalue weighted by atomic mass is 15.2. The number of likely N-dealkylation sites (tertiary alicyclic amines) is 1. The quantitative estimate of drug-likeness (QED) is 0.638. The Morgan fingerprint density at radius 3 is 1.78 bits per heavy atom. The Balaban J connectivity index is 2.74. The van der Waals surface area contributed by atoms with Gasteiger partial charge in [-0.3, -0.25) is 4.90 Å². The van der Waals surface area contributed by atoms with E-state index in [2.05, 4.69) is 60.3 Å². The summed E-state index contributed by atoms with van der Waals surface area (Å²) < 4.78 is 0. The van der Waals surface area contributed by atoms with Gasteiger partial charge in [0.1, 0.15) is 0 Å². The molecule has 18 heavy (non-hydrogen) atoms. The first-order chi connectivity index (χ1) is 7.96. The van der Waals surface area contributed by atoms with Crippen LogP contribution in [-0.2, 0) is 0 Å². The third-order valence-corrected chi connectivity index (χ3v) is 5.58. The summed E-state index contributed by atoms with van der Waals surface area (Å²) in [5.41, 5.74) is 1.11. The number of hydrogen-bond acceptors (Lipinski definition) is 1. The molecular weight excluding hydrogens is 218 g/mol. The topological polar surface area (TPSA) is 3.24 Å². The van der Waals surface area contributed by atoms with Crippen molar-refractivity contribution in [2.24, 2.45) is 16.7 Å². The zero-order valence-electron chi connectivity index (χ0n) is 14.1. The summed E-state index contributed by atoms with van der Waals surface area (Å²) in [6.45, 7) is 21.7. The maximum atomic E-state index is 2.73. The van der Waals surface area contributed by atoms with Crippen LogP contribution in [0, 0.1) is 16.7 Å². The summed E-state index contributed by atoms with van der Waals surface area (Å²) in [4.78, 5) is 2.73. The van der Waals surface area contributed by atoms with Gasteiger partial charge in [0.25, 0.3) is 0 Å². The fraction of sp³-hybridized carbons (Fsp3) is 1.00. The van der Waals surface area contributed by atoms with Gasteiger partial charge < -0.3 is 0 Å². The molecule has 1 unspecified atom stereocenters. The molecule has 1 fully saturated rings. The molecule has 0 radical (unpaired) electrons. The average Bonchev–Trinajstić information content (AvgIpc) is 2.39. The van der Waals surface area contributed by atoms with Crippen LogP contribution in [0.4, 0.5) is 0 Å². The fourth-order valence-electron chi connectivity index (χ4n) is 3.00. The zero-order valence-corrected chi connectivity index (χ0v) is 14.1. The van der Waals surface area contributed by atoms with E-state index in [0.717, 1.165) is 5.92 Å². The van der Waals surface area contributed by atoms with Crippen molar-refractivity contribution in [3.05, 3.63) is 0 Å². The van der Waals surface area contributed by atoms with Crippen LogP contribution in [0.1, 0.15) is 74.7 Å². The second-order valence-corrected chi connectivity index (χ2v) is 8.79. The third-order valence-electron chi connectivity index (χ3n) is 5.58. The summed E-state index contributed by atoms with van der Waals surface area (Å²) in [6, 6.07) is 0. The Bertz CT molecular complexity index is 264. The van der Waals surface area contributed by atoms with Gasteiger partial charge in [-0.2, -0.15) is 0 Å². The summed E-state index contributed by atoms with van der Waals surface area (Å²) in [7, 11) is 0. The van der Waals surface area contributed by atoms with Gasteiger partial charge in [-0.15, -0.1) is 0 Å². The molecule has 0 saturated carbocycles. The van der Waals surface area contributed by atoms with Crippen LogP contribution in [-0.4, -0.2) is 23.5 Å². The van der Waals surface area contributed by atoms with Crippen LogP contribution in [0.3, 0.4) is 0 Å². The lowest BCUT2D eigenvalue weighted by atomic mass is 9.74. The van der Waals surface area contributed by atoms with Gasteiger partial charge in [-0.1, -0.05) is 41.5 Å². The lowest BCUT2D eigenvalue weighted by molar-refractivity contribution is 0.0224. The summed E-state index contributed by atoms with van der Waals surface area (Å²) in [6.07, 6.45) is 4.13. The molecule has 0 aromatic heterocycles. The lowest BCUT2D eigenvalue weighted by Gasteiger charge is -2.48. The van der Waals surface area contributed by atoms with Crippen LogP contribution < -0.4 is 0 Å². The van der Waals surface area contributed by atoms with Crippen LogP contribution >= 0.6 is 0 Å². The van der Waals surface area contributed by atoms with Gasteiger partial charge in [-0.25, -0.2) is 0 Å². The SMILES string of the molecule is CC(C)(C)C1CCCN(C(C)(C)C(C)(C)C)CC1. The Morgan fingerprint density at radius 1 is 0.778 bits per heavy atom. The highest BCUT2D eigenvalue weighted by Gasteiger charge is 2.39. The van der Waals surface area contributed by atoms with E-state index >= 15 is 0 Å². The predicted molar refractivity (Wildman–Crippen MR) is 81.9 cm³/mol. The van der Waals surface area contributed by atoms with Gasteiger partial charge in [0.2, 0.25) is 0 Å². The summed E-state index contributed by atoms with van der Waals surface area (Å²) >= 11 is 0. The number of rotatable bonds is 1. The maximum absolute atomic E-state index is 2.73. The summed E-state index contributed by atoms with van der Waals surface area (Å²) in [5.74, 6) is 0.887.